The van der Waals surface area contributed by atoms with Crippen LogP contribution in [0.2, 0.25) is 0 Å². The lowest BCUT2D eigenvalue weighted by Gasteiger charge is -2.13. The van der Waals surface area contributed by atoms with E-state index in [9.17, 15) is 4.79 Å². The Bertz CT molecular complexity index is 883. The minimum absolute atomic E-state index is 0.144. The van der Waals surface area contributed by atoms with Crippen molar-refractivity contribution in [1.29, 1.82) is 0 Å². The highest BCUT2D eigenvalue weighted by atomic mass is 79.9. The summed E-state index contributed by atoms with van der Waals surface area (Å²) in [6, 6.07) is 11.8. The summed E-state index contributed by atoms with van der Waals surface area (Å²) < 4.78 is 6.65. The summed E-state index contributed by atoms with van der Waals surface area (Å²) in [6.45, 7) is 4.69. The smallest absolute Gasteiger partial charge is 0.323 e. The lowest BCUT2D eigenvalue weighted by molar-refractivity contribution is 0.241. The van der Waals surface area contributed by atoms with E-state index in [2.05, 4.69) is 31.2 Å². The SMILES string of the molecule is CC(C)Oc1ccc(CNc2ccc3[nH]c(=O)[nH]c3c2)cc1Br. The fourth-order valence-corrected chi connectivity index (χ4v) is 2.87. The van der Waals surface area contributed by atoms with E-state index in [0.717, 1.165) is 32.5 Å². The number of hydrogen-bond acceptors (Lipinski definition) is 3. The average Bonchev–Trinajstić information content (AvgIpc) is 2.86. The van der Waals surface area contributed by atoms with Gasteiger partial charge in [0.05, 0.1) is 21.6 Å². The predicted octanol–water partition coefficient (Wildman–Crippen LogP) is 4.02. The van der Waals surface area contributed by atoms with Gasteiger partial charge in [-0.1, -0.05) is 6.07 Å². The van der Waals surface area contributed by atoms with E-state index >= 15 is 0 Å². The van der Waals surface area contributed by atoms with Crippen molar-refractivity contribution < 1.29 is 4.74 Å². The Labute approximate surface area is 142 Å². The number of fused-ring (bicyclic) bond motifs is 1. The van der Waals surface area contributed by atoms with Gasteiger partial charge in [-0.3, -0.25) is 0 Å². The van der Waals surface area contributed by atoms with Gasteiger partial charge in [-0.25, -0.2) is 4.79 Å². The molecule has 0 fully saturated rings. The van der Waals surface area contributed by atoms with E-state index in [4.69, 9.17) is 4.74 Å². The Morgan fingerprint density at radius 2 is 1.91 bits per heavy atom. The van der Waals surface area contributed by atoms with Gasteiger partial charge in [0, 0.05) is 12.2 Å². The van der Waals surface area contributed by atoms with E-state index in [1.165, 1.54) is 0 Å². The molecule has 0 amide bonds. The van der Waals surface area contributed by atoms with Crippen molar-refractivity contribution in [1.82, 2.24) is 9.97 Å². The van der Waals surface area contributed by atoms with Crippen LogP contribution in [0.25, 0.3) is 11.0 Å². The maximum Gasteiger partial charge on any atom is 0.323 e. The minimum Gasteiger partial charge on any atom is -0.490 e. The second-order valence-electron chi connectivity index (χ2n) is 5.62. The molecular formula is C17H18BrN3O2. The van der Waals surface area contributed by atoms with Gasteiger partial charge in [0.25, 0.3) is 0 Å². The van der Waals surface area contributed by atoms with Gasteiger partial charge in [-0.15, -0.1) is 0 Å². The summed E-state index contributed by atoms with van der Waals surface area (Å²) in [4.78, 5) is 16.8. The Hall–Kier alpha value is -2.21. The first kappa shape index (κ1) is 15.7. The van der Waals surface area contributed by atoms with E-state index < -0.39 is 0 Å². The number of nitrogens with one attached hydrogen (secondary N) is 3. The number of hydrogen-bond donors (Lipinski definition) is 3. The molecule has 0 spiro atoms. The molecule has 0 saturated heterocycles. The number of anilines is 1. The number of imidazole rings is 1. The Balaban J connectivity index is 1.71. The third kappa shape index (κ3) is 3.76. The van der Waals surface area contributed by atoms with E-state index in [1.54, 1.807) is 0 Å². The quantitative estimate of drug-likeness (QED) is 0.630. The fraction of sp³-hybridized carbons (Fsp3) is 0.235. The molecular weight excluding hydrogens is 358 g/mol. The lowest BCUT2D eigenvalue weighted by atomic mass is 10.2. The highest BCUT2D eigenvalue weighted by Crippen LogP contribution is 2.27. The predicted molar refractivity (Wildman–Crippen MR) is 96.2 cm³/mol. The number of aromatic amines is 2. The third-order valence-corrected chi connectivity index (χ3v) is 3.99. The van der Waals surface area contributed by atoms with Crippen LogP contribution < -0.4 is 15.7 Å². The van der Waals surface area contributed by atoms with Gasteiger partial charge in [-0.05, 0) is 65.7 Å². The molecule has 0 aliphatic carbocycles. The summed E-state index contributed by atoms with van der Waals surface area (Å²) in [6.07, 6.45) is 0.144. The van der Waals surface area contributed by atoms with Crippen molar-refractivity contribution in [3.8, 4) is 5.75 Å². The number of benzene rings is 2. The summed E-state index contributed by atoms with van der Waals surface area (Å²) in [5, 5.41) is 3.35. The van der Waals surface area contributed by atoms with E-state index in [-0.39, 0.29) is 11.8 Å². The molecule has 3 aromatic rings. The lowest BCUT2D eigenvalue weighted by Crippen LogP contribution is -2.06. The number of rotatable bonds is 5. The Morgan fingerprint density at radius 3 is 2.65 bits per heavy atom. The average molecular weight is 376 g/mol. The van der Waals surface area contributed by atoms with Gasteiger partial charge in [-0.2, -0.15) is 0 Å². The zero-order valence-corrected chi connectivity index (χ0v) is 14.5. The molecule has 0 aliphatic heterocycles. The third-order valence-electron chi connectivity index (χ3n) is 3.37. The normalized spacial score (nSPS) is 11.1. The van der Waals surface area contributed by atoms with E-state index in [1.807, 2.05) is 50.2 Å². The maximum atomic E-state index is 11.3. The van der Waals surface area contributed by atoms with Crippen molar-refractivity contribution in [3.05, 3.63) is 56.9 Å². The van der Waals surface area contributed by atoms with Gasteiger partial charge in [0.1, 0.15) is 5.75 Å². The fourth-order valence-electron chi connectivity index (χ4n) is 2.35. The largest absolute Gasteiger partial charge is 0.490 e. The standard InChI is InChI=1S/C17H18BrN3O2/c1-10(2)23-16-6-3-11(7-13(16)18)9-19-12-4-5-14-15(8-12)21-17(22)20-14/h3-8,10,19H,9H2,1-2H3,(H2,20,21,22). The first-order valence-corrected chi connectivity index (χ1v) is 8.21. The van der Waals surface area contributed by atoms with Gasteiger partial charge in [0.2, 0.25) is 0 Å². The Morgan fingerprint density at radius 1 is 1.13 bits per heavy atom. The van der Waals surface area contributed by atoms with Gasteiger partial charge < -0.3 is 20.0 Å². The molecule has 120 valence electrons. The van der Waals surface area contributed by atoms with Crippen LogP contribution in [-0.2, 0) is 6.54 Å². The molecule has 0 radical (unpaired) electrons. The first-order chi connectivity index (χ1) is 11.0. The monoisotopic (exact) mass is 375 g/mol. The zero-order valence-electron chi connectivity index (χ0n) is 12.9. The summed E-state index contributed by atoms with van der Waals surface area (Å²) in [5.41, 5.74) is 3.49. The van der Waals surface area contributed by atoms with Crippen LogP contribution in [0, 0.1) is 0 Å². The second kappa shape index (κ2) is 6.50. The Kier molecular flexibility index (Phi) is 4.43. The first-order valence-electron chi connectivity index (χ1n) is 7.42. The number of halogens is 1. The summed E-state index contributed by atoms with van der Waals surface area (Å²) in [5.74, 6) is 0.843. The van der Waals surface area contributed by atoms with Crippen LogP contribution in [0.4, 0.5) is 5.69 Å². The molecule has 0 unspecified atom stereocenters. The number of ether oxygens (including phenoxy) is 1. The molecule has 3 rings (SSSR count). The molecule has 5 nitrogen and oxygen atoms in total. The van der Waals surface area contributed by atoms with Crippen molar-refractivity contribution in [2.75, 3.05) is 5.32 Å². The summed E-state index contributed by atoms with van der Waals surface area (Å²) >= 11 is 3.54. The van der Waals surface area contributed by atoms with Gasteiger partial charge in [0.15, 0.2) is 0 Å². The van der Waals surface area contributed by atoms with Crippen molar-refractivity contribution in [3.63, 3.8) is 0 Å². The molecule has 0 bridgehead atoms. The van der Waals surface area contributed by atoms with Crippen LogP contribution in [0.15, 0.2) is 45.7 Å². The van der Waals surface area contributed by atoms with Crippen molar-refractivity contribution in [2.24, 2.45) is 0 Å². The van der Waals surface area contributed by atoms with Crippen molar-refractivity contribution in [2.45, 2.75) is 26.5 Å². The summed E-state index contributed by atoms with van der Waals surface area (Å²) in [7, 11) is 0. The highest BCUT2D eigenvalue weighted by Gasteiger charge is 2.05. The van der Waals surface area contributed by atoms with Crippen LogP contribution in [0.3, 0.4) is 0 Å². The van der Waals surface area contributed by atoms with Crippen LogP contribution in [-0.4, -0.2) is 16.1 Å². The number of aromatic nitrogens is 2. The molecule has 1 aromatic heterocycles. The molecule has 6 heteroatoms. The van der Waals surface area contributed by atoms with Crippen LogP contribution in [0.5, 0.6) is 5.75 Å². The second-order valence-corrected chi connectivity index (χ2v) is 6.48. The molecule has 2 aromatic carbocycles. The van der Waals surface area contributed by atoms with Crippen LogP contribution in [0.1, 0.15) is 19.4 Å². The molecule has 0 saturated carbocycles. The van der Waals surface area contributed by atoms with E-state index in [0.29, 0.717) is 6.54 Å². The minimum atomic E-state index is -0.193. The molecule has 1 heterocycles. The van der Waals surface area contributed by atoms with Crippen LogP contribution >= 0.6 is 15.9 Å². The molecule has 3 N–H and O–H groups in total. The maximum absolute atomic E-state index is 11.3. The topological polar surface area (TPSA) is 69.9 Å². The molecule has 0 aliphatic rings. The molecule has 0 atom stereocenters. The highest BCUT2D eigenvalue weighted by molar-refractivity contribution is 9.10. The number of H-pyrrole nitrogens is 2. The van der Waals surface area contributed by atoms with Gasteiger partial charge >= 0.3 is 5.69 Å². The zero-order chi connectivity index (χ0) is 16.4. The van der Waals surface area contributed by atoms with Crippen molar-refractivity contribution >= 4 is 32.7 Å². The molecule has 23 heavy (non-hydrogen) atoms.